The summed E-state index contributed by atoms with van der Waals surface area (Å²) in [4.78, 5) is 7.06. The number of hydrogen-bond donors (Lipinski definition) is 0. The second-order valence-corrected chi connectivity index (χ2v) is 7.87. The molecular weight excluding hydrogens is 358 g/mol. The highest BCUT2D eigenvalue weighted by atomic mass is 16.5. The largest absolute Gasteiger partial charge is 0.356 e. The summed E-state index contributed by atoms with van der Waals surface area (Å²) in [6.07, 6.45) is 6.18. The topological polar surface area (TPSA) is 29.8 Å². The molecule has 0 aliphatic carbocycles. The number of anilines is 1. The molecule has 146 valence electrons. The van der Waals surface area contributed by atoms with Crippen LogP contribution in [-0.2, 0) is 23.3 Å². The molecule has 1 aliphatic heterocycles. The summed E-state index contributed by atoms with van der Waals surface area (Å²) in [6, 6.07) is 25.2. The quantitative estimate of drug-likeness (QED) is 0.476. The minimum atomic E-state index is -0.203. The molecule has 4 aromatic rings. The van der Waals surface area contributed by atoms with E-state index in [0.29, 0.717) is 13.3 Å². The van der Waals surface area contributed by atoms with Crippen LogP contribution in [0.4, 0.5) is 5.69 Å². The lowest BCUT2D eigenvalue weighted by molar-refractivity contribution is 0.101. The third kappa shape index (κ3) is 3.19. The summed E-state index contributed by atoms with van der Waals surface area (Å²) in [5.41, 5.74) is 5.79. The van der Waals surface area contributed by atoms with Crippen LogP contribution in [0.25, 0.3) is 5.65 Å². The van der Waals surface area contributed by atoms with Gasteiger partial charge in [-0.3, -0.25) is 0 Å². The maximum Gasteiger partial charge on any atom is 0.136 e. The fraction of sp³-hybridized carbons (Fsp3) is 0.240. The van der Waals surface area contributed by atoms with E-state index in [1.54, 1.807) is 0 Å². The van der Waals surface area contributed by atoms with E-state index in [1.807, 2.05) is 18.3 Å². The molecule has 1 aliphatic rings. The Hall–Kier alpha value is -3.11. The number of benzene rings is 2. The standard InChI is InChI=1S/C25H25N3O/c1-25(23-17-26-24-13-7-8-16-27(23)24)15-14-21-11-5-6-12-22(21)28(25)19-29-18-20-9-3-2-4-10-20/h2-13,16-17H,14-15,18-19H2,1H3. The van der Waals surface area contributed by atoms with Gasteiger partial charge in [0.25, 0.3) is 0 Å². The molecule has 0 fully saturated rings. The number of hydrogen-bond acceptors (Lipinski definition) is 3. The molecule has 2 aromatic heterocycles. The van der Waals surface area contributed by atoms with Gasteiger partial charge in [-0.15, -0.1) is 0 Å². The monoisotopic (exact) mass is 383 g/mol. The van der Waals surface area contributed by atoms with Crippen molar-refractivity contribution in [2.45, 2.75) is 31.9 Å². The lowest BCUT2D eigenvalue weighted by Crippen LogP contribution is -2.49. The van der Waals surface area contributed by atoms with Gasteiger partial charge in [0.05, 0.1) is 24.0 Å². The fourth-order valence-corrected chi connectivity index (χ4v) is 4.40. The lowest BCUT2D eigenvalue weighted by atomic mass is 9.83. The number of nitrogens with zero attached hydrogens (tertiary/aromatic N) is 3. The van der Waals surface area contributed by atoms with Crippen molar-refractivity contribution in [2.75, 3.05) is 11.6 Å². The van der Waals surface area contributed by atoms with E-state index < -0.39 is 0 Å². The van der Waals surface area contributed by atoms with E-state index in [-0.39, 0.29) is 5.54 Å². The molecule has 29 heavy (non-hydrogen) atoms. The van der Waals surface area contributed by atoms with Crippen molar-refractivity contribution in [3.05, 3.63) is 102 Å². The summed E-state index contributed by atoms with van der Waals surface area (Å²) < 4.78 is 8.42. The van der Waals surface area contributed by atoms with Crippen molar-refractivity contribution in [1.29, 1.82) is 0 Å². The van der Waals surface area contributed by atoms with Crippen molar-refractivity contribution in [1.82, 2.24) is 9.38 Å². The molecular formula is C25H25N3O. The van der Waals surface area contributed by atoms with Gasteiger partial charge in [-0.1, -0.05) is 54.6 Å². The smallest absolute Gasteiger partial charge is 0.136 e. The minimum Gasteiger partial charge on any atom is -0.356 e. The number of rotatable bonds is 5. The van der Waals surface area contributed by atoms with E-state index in [4.69, 9.17) is 4.74 Å². The summed E-state index contributed by atoms with van der Waals surface area (Å²) in [5, 5.41) is 0. The number of para-hydroxylation sites is 1. The van der Waals surface area contributed by atoms with Gasteiger partial charge in [0.2, 0.25) is 0 Å². The predicted molar refractivity (Wildman–Crippen MR) is 116 cm³/mol. The maximum atomic E-state index is 6.22. The van der Waals surface area contributed by atoms with Crippen LogP contribution < -0.4 is 4.90 Å². The van der Waals surface area contributed by atoms with Crippen molar-refractivity contribution < 1.29 is 4.74 Å². The molecule has 0 N–H and O–H groups in total. The summed E-state index contributed by atoms with van der Waals surface area (Å²) >= 11 is 0. The molecule has 1 atom stereocenters. The number of fused-ring (bicyclic) bond motifs is 2. The molecule has 4 heteroatoms. The highest BCUT2D eigenvalue weighted by Gasteiger charge is 2.40. The zero-order valence-electron chi connectivity index (χ0n) is 16.7. The first-order valence-electron chi connectivity index (χ1n) is 10.2. The Labute approximate surface area is 171 Å². The van der Waals surface area contributed by atoms with E-state index in [0.717, 1.165) is 18.5 Å². The summed E-state index contributed by atoms with van der Waals surface area (Å²) in [6.45, 7) is 3.44. The molecule has 0 saturated heterocycles. The molecule has 4 nitrogen and oxygen atoms in total. The first-order valence-corrected chi connectivity index (χ1v) is 10.2. The molecule has 3 heterocycles. The van der Waals surface area contributed by atoms with Crippen molar-refractivity contribution in [2.24, 2.45) is 0 Å². The number of aryl methyl sites for hydroxylation is 1. The van der Waals surface area contributed by atoms with Crippen LogP contribution in [-0.4, -0.2) is 16.1 Å². The van der Waals surface area contributed by atoms with Crippen LogP contribution in [0.5, 0.6) is 0 Å². The Morgan fingerprint density at radius 3 is 2.66 bits per heavy atom. The van der Waals surface area contributed by atoms with Gasteiger partial charge in [-0.2, -0.15) is 0 Å². The maximum absolute atomic E-state index is 6.22. The molecule has 5 rings (SSSR count). The van der Waals surface area contributed by atoms with Gasteiger partial charge in [-0.25, -0.2) is 4.98 Å². The Morgan fingerprint density at radius 1 is 0.966 bits per heavy atom. The van der Waals surface area contributed by atoms with Gasteiger partial charge in [0.1, 0.15) is 12.4 Å². The van der Waals surface area contributed by atoms with Crippen LogP contribution in [0.15, 0.2) is 85.2 Å². The Bertz CT molecular complexity index is 1120. The summed E-state index contributed by atoms with van der Waals surface area (Å²) in [7, 11) is 0. The first kappa shape index (κ1) is 18.0. The lowest BCUT2D eigenvalue weighted by Gasteiger charge is -2.46. The van der Waals surface area contributed by atoms with Crippen LogP contribution in [0.2, 0.25) is 0 Å². The predicted octanol–water partition coefficient (Wildman–Crippen LogP) is 5.18. The van der Waals surface area contributed by atoms with Gasteiger partial charge in [0.15, 0.2) is 0 Å². The van der Waals surface area contributed by atoms with E-state index in [9.17, 15) is 0 Å². The fourth-order valence-electron chi connectivity index (χ4n) is 4.40. The molecule has 0 saturated carbocycles. The second-order valence-electron chi connectivity index (χ2n) is 7.87. The van der Waals surface area contributed by atoms with E-state index >= 15 is 0 Å². The highest BCUT2D eigenvalue weighted by molar-refractivity contribution is 5.59. The molecule has 2 aromatic carbocycles. The highest BCUT2D eigenvalue weighted by Crippen LogP contribution is 2.43. The van der Waals surface area contributed by atoms with Gasteiger partial charge in [-0.05, 0) is 49.1 Å². The average molecular weight is 383 g/mol. The molecule has 0 radical (unpaired) electrons. The van der Waals surface area contributed by atoms with Gasteiger partial charge in [0, 0.05) is 11.9 Å². The zero-order valence-corrected chi connectivity index (χ0v) is 16.7. The van der Waals surface area contributed by atoms with Crippen LogP contribution in [0.1, 0.15) is 30.2 Å². The van der Waals surface area contributed by atoms with Crippen molar-refractivity contribution >= 4 is 11.3 Å². The third-order valence-electron chi connectivity index (χ3n) is 6.06. The Balaban J connectivity index is 1.51. The second kappa shape index (κ2) is 7.37. The van der Waals surface area contributed by atoms with Crippen LogP contribution in [0.3, 0.4) is 0 Å². The Kier molecular flexibility index (Phi) is 4.57. The third-order valence-corrected chi connectivity index (χ3v) is 6.06. The van der Waals surface area contributed by atoms with Crippen molar-refractivity contribution in [3.8, 4) is 0 Å². The minimum absolute atomic E-state index is 0.203. The SMILES string of the molecule is CC1(c2cnc3ccccn23)CCc2ccccc2N1COCc1ccccc1. The van der Waals surface area contributed by atoms with E-state index in [1.165, 1.54) is 22.5 Å². The van der Waals surface area contributed by atoms with Crippen molar-refractivity contribution in [3.63, 3.8) is 0 Å². The Morgan fingerprint density at radius 2 is 1.76 bits per heavy atom. The molecule has 0 bridgehead atoms. The molecule has 0 spiro atoms. The molecule has 0 amide bonds. The number of pyridine rings is 1. The number of aromatic nitrogens is 2. The number of ether oxygens (including phenoxy) is 1. The number of imidazole rings is 1. The van der Waals surface area contributed by atoms with Gasteiger partial charge < -0.3 is 14.0 Å². The first-order chi connectivity index (χ1) is 14.3. The summed E-state index contributed by atoms with van der Waals surface area (Å²) in [5.74, 6) is 0. The van der Waals surface area contributed by atoms with Crippen LogP contribution in [0, 0.1) is 0 Å². The van der Waals surface area contributed by atoms with Gasteiger partial charge >= 0.3 is 0 Å². The normalized spacial score (nSPS) is 18.7. The average Bonchev–Trinajstić information content (AvgIpc) is 3.21. The van der Waals surface area contributed by atoms with E-state index in [2.05, 4.69) is 88.1 Å². The zero-order chi connectivity index (χ0) is 19.7. The van der Waals surface area contributed by atoms with Crippen LogP contribution >= 0.6 is 0 Å². The molecule has 1 unspecified atom stereocenters.